The topological polar surface area (TPSA) is 216 Å². The first-order valence-electron chi connectivity index (χ1n) is 16.2. The number of rotatable bonds is 19. The van der Waals surface area contributed by atoms with Crippen LogP contribution in [0.25, 0.3) is 0 Å². The second-order valence-corrected chi connectivity index (χ2v) is 11.4. The number of amides is 8. The number of barbiturate groups is 1. The summed E-state index contributed by atoms with van der Waals surface area (Å²) in [4.78, 5) is 102. The Bertz CT molecular complexity index is 1540. The second-order valence-electron chi connectivity index (χ2n) is 11.4. The SMILES string of the molecule is O=C(CCCCCC1(c2ccccc2)C(=O)NC(=O)NC1=O)NCCOCCOCCNC(=O)c1ccc(C(=O)ON2C(=O)CCC2=O)cc1. The van der Waals surface area contributed by atoms with Crippen molar-refractivity contribution in [1.29, 1.82) is 0 Å². The highest BCUT2D eigenvalue weighted by Crippen LogP contribution is 2.33. The van der Waals surface area contributed by atoms with Crippen LogP contribution in [0.15, 0.2) is 54.6 Å². The molecule has 2 aliphatic heterocycles. The average molecular weight is 694 g/mol. The number of hydrogen-bond donors (Lipinski definition) is 4. The van der Waals surface area contributed by atoms with Crippen LogP contribution in [0.4, 0.5) is 4.79 Å². The Morgan fingerprint density at radius 3 is 1.90 bits per heavy atom. The summed E-state index contributed by atoms with van der Waals surface area (Å²) in [5, 5.41) is 10.3. The van der Waals surface area contributed by atoms with Crippen LogP contribution in [-0.2, 0) is 43.7 Å². The Labute approximate surface area is 287 Å². The molecule has 0 saturated carbocycles. The van der Waals surface area contributed by atoms with Crippen LogP contribution in [0.1, 0.15) is 71.2 Å². The molecule has 2 aromatic rings. The minimum Gasteiger partial charge on any atom is -0.377 e. The van der Waals surface area contributed by atoms with Crippen LogP contribution in [0, 0.1) is 0 Å². The van der Waals surface area contributed by atoms with E-state index in [-0.39, 0.29) is 81.6 Å². The Balaban J connectivity index is 1.00. The third-order valence-corrected chi connectivity index (χ3v) is 7.99. The molecule has 16 heteroatoms. The molecule has 8 amide bonds. The molecule has 0 aliphatic carbocycles. The smallest absolute Gasteiger partial charge is 0.363 e. The van der Waals surface area contributed by atoms with Gasteiger partial charge in [-0.05, 0) is 42.7 Å². The lowest BCUT2D eigenvalue weighted by Gasteiger charge is -2.34. The lowest BCUT2D eigenvalue weighted by atomic mass is 9.73. The number of nitrogens with zero attached hydrogens (tertiary/aromatic N) is 1. The molecule has 4 N–H and O–H groups in total. The van der Waals surface area contributed by atoms with E-state index in [0.717, 1.165) is 0 Å². The lowest BCUT2D eigenvalue weighted by molar-refractivity contribution is -0.172. The van der Waals surface area contributed by atoms with Gasteiger partial charge in [-0.15, -0.1) is 5.06 Å². The Kier molecular flexibility index (Phi) is 13.7. The van der Waals surface area contributed by atoms with Crippen molar-refractivity contribution >= 4 is 47.4 Å². The number of benzene rings is 2. The Morgan fingerprint density at radius 2 is 1.28 bits per heavy atom. The highest BCUT2D eigenvalue weighted by molar-refractivity contribution is 6.22. The molecule has 2 aromatic carbocycles. The number of urea groups is 1. The predicted molar refractivity (Wildman–Crippen MR) is 173 cm³/mol. The molecular weight excluding hydrogens is 654 g/mol. The zero-order valence-electron chi connectivity index (χ0n) is 27.3. The second kappa shape index (κ2) is 18.3. The standard InChI is InChI=1S/C34H39N5O11/c40-26(9-5-2-6-16-34(25-7-3-1-4-8-25)31(45)37-33(47)38-32(34)46)35-17-19-48-21-22-49-20-18-36-29(43)23-10-12-24(13-11-23)30(44)50-39-27(41)14-15-28(39)42/h1,3-4,7-8,10-13H,2,5-6,9,14-22H2,(H,35,40)(H,36,43)(H2,37,38,45,46,47). The average Bonchev–Trinajstić information content (AvgIpc) is 3.42. The first-order valence-corrected chi connectivity index (χ1v) is 16.2. The zero-order chi connectivity index (χ0) is 35.9. The Morgan fingerprint density at radius 1 is 0.700 bits per heavy atom. The summed E-state index contributed by atoms with van der Waals surface area (Å²) in [6.07, 6.45) is 2.08. The normalized spacial score (nSPS) is 15.4. The molecule has 50 heavy (non-hydrogen) atoms. The number of unbranched alkanes of at least 4 members (excludes halogenated alkanes) is 2. The molecule has 2 heterocycles. The minimum atomic E-state index is -1.51. The Hall–Kier alpha value is -5.48. The molecule has 4 rings (SSSR count). The maximum atomic E-state index is 12.8. The molecule has 2 fully saturated rings. The third kappa shape index (κ3) is 10.0. The molecule has 0 spiro atoms. The van der Waals surface area contributed by atoms with Gasteiger partial charge in [-0.25, -0.2) is 9.59 Å². The van der Waals surface area contributed by atoms with Crippen LogP contribution in [0.3, 0.4) is 0 Å². The summed E-state index contributed by atoms with van der Waals surface area (Å²) in [5.41, 5.74) is -0.647. The maximum Gasteiger partial charge on any atom is 0.363 e. The number of ether oxygens (including phenoxy) is 2. The van der Waals surface area contributed by atoms with Crippen LogP contribution in [-0.4, -0.2) is 92.0 Å². The van der Waals surface area contributed by atoms with Gasteiger partial charge < -0.3 is 24.9 Å². The van der Waals surface area contributed by atoms with Crippen molar-refractivity contribution in [2.75, 3.05) is 39.5 Å². The van der Waals surface area contributed by atoms with Gasteiger partial charge in [-0.1, -0.05) is 43.2 Å². The van der Waals surface area contributed by atoms with E-state index in [4.69, 9.17) is 14.3 Å². The van der Waals surface area contributed by atoms with Crippen molar-refractivity contribution in [1.82, 2.24) is 26.3 Å². The van der Waals surface area contributed by atoms with E-state index >= 15 is 0 Å². The van der Waals surface area contributed by atoms with E-state index in [1.807, 2.05) is 0 Å². The molecule has 0 atom stereocenters. The van der Waals surface area contributed by atoms with Crippen molar-refractivity contribution in [2.45, 2.75) is 50.4 Å². The van der Waals surface area contributed by atoms with Crippen molar-refractivity contribution in [2.24, 2.45) is 0 Å². The number of imide groups is 3. The number of carbonyl (C=O) groups excluding carboxylic acids is 8. The van der Waals surface area contributed by atoms with Crippen LogP contribution >= 0.6 is 0 Å². The maximum absolute atomic E-state index is 12.8. The first-order chi connectivity index (χ1) is 24.1. The van der Waals surface area contributed by atoms with Crippen LogP contribution in [0.2, 0.25) is 0 Å². The molecule has 266 valence electrons. The van der Waals surface area contributed by atoms with E-state index < -0.39 is 41.0 Å². The largest absolute Gasteiger partial charge is 0.377 e. The van der Waals surface area contributed by atoms with Crippen LogP contribution < -0.4 is 21.3 Å². The van der Waals surface area contributed by atoms with Crippen molar-refractivity contribution in [3.05, 3.63) is 71.3 Å². The van der Waals surface area contributed by atoms with Crippen LogP contribution in [0.5, 0.6) is 0 Å². The van der Waals surface area contributed by atoms with Gasteiger partial charge in [0.2, 0.25) is 17.7 Å². The summed E-state index contributed by atoms with van der Waals surface area (Å²) in [6, 6.07) is 13.3. The van der Waals surface area contributed by atoms with Crippen molar-refractivity contribution in [3.8, 4) is 0 Å². The monoisotopic (exact) mass is 693 g/mol. The molecular formula is C34H39N5O11. The van der Waals surface area contributed by atoms with Crippen molar-refractivity contribution in [3.63, 3.8) is 0 Å². The summed E-state index contributed by atoms with van der Waals surface area (Å²) >= 11 is 0. The fourth-order valence-corrected chi connectivity index (χ4v) is 5.33. The molecule has 0 unspecified atom stereocenters. The number of nitrogens with one attached hydrogen (secondary N) is 4. The van der Waals surface area contributed by atoms with Crippen molar-refractivity contribution < 1.29 is 52.7 Å². The van der Waals surface area contributed by atoms with E-state index in [1.54, 1.807) is 30.3 Å². The fraction of sp³-hybridized carbons (Fsp3) is 0.412. The van der Waals surface area contributed by atoms with Gasteiger partial charge in [0.1, 0.15) is 0 Å². The summed E-state index contributed by atoms with van der Waals surface area (Å²) in [7, 11) is 0. The van der Waals surface area contributed by atoms with Gasteiger partial charge in [0.15, 0.2) is 5.41 Å². The third-order valence-electron chi connectivity index (χ3n) is 7.99. The fourth-order valence-electron chi connectivity index (χ4n) is 5.33. The first kappa shape index (κ1) is 37.3. The van der Waals surface area contributed by atoms with Gasteiger partial charge in [0.25, 0.3) is 17.7 Å². The molecule has 2 aliphatic rings. The van der Waals surface area contributed by atoms with E-state index in [1.165, 1.54) is 24.3 Å². The zero-order valence-corrected chi connectivity index (χ0v) is 27.3. The minimum absolute atomic E-state index is 0.00900. The molecule has 0 bridgehead atoms. The number of hydroxylamine groups is 2. The highest BCUT2D eigenvalue weighted by Gasteiger charge is 2.51. The van der Waals surface area contributed by atoms with Gasteiger partial charge in [-0.3, -0.25) is 39.4 Å². The lowest BCUT2D eigenvalue weighted by Crippen LogP contribution is -2.64. The molecule has 0 aromatic heterocycles. The number of carbonyl (C=O) groups is 8. The molecule has 0 radical (unpaired) electrons. The predicted octanol–water partition coefficient (Wildman–Crippen LogP) is 1.04. The van der Waals surface area contributed by atoms with Gasteiger partial charge >= 0.3 is 12.0 Å². The van der Waals surface area contributed by atoms with E-state index in [2.05, 4.69) is 21.3 Å². The van der Waals surface area contributed by atoms with E-state index in [9.17, 15) is 38.4 Å². The summed E-state index contributed by atoms with van der Waals surface area (Å²) in [5.74, 6) is -3.90. The highest BCUT2D eigenvalue weighted by atomic mass is 16.7. The van der Waals surface area contributed by atoms with E-state index in [0.29, 0.717) is 36.4 Å². The quantitative estimate of drug-likeness (QED) is 0.0926. The number of hydrogen-bond acceptors (Lipinski definition) is 11. The summed E-state index contributed by atoms with van der Waals surface area (Å²) < 4.78 is 10.9. The van der Waals surface area contributed by atoms with Gasteiger partial charge in [-0.2, -0.15) is 0 Å². The van der Waals surface area contributed by atoms with Gasteiger partial charge in [0.05, 0.1) is 32.0 Å². The van der Waals surface area contributed by atoms with Gasteiger partial charge in [0, 0.05) is 37.9 Å². The summed E-state index contributed by atoms with van der Waals surface area (Å²) in [6.45, 7) is 1.61. The molecule has 2 saturated heterocycles. The molecule has 16 nitrogen and oxygen atoms in total.